The molecule has 0 bridgehead atoms. The summed E-state index contributed by atoms with van der Waals surface area (Å²) in [7, 11) is 0. The fraction of sp³-hybridized carbons (Fsp3) is 0.571. The van der Waals surface area contributed by atoms with Gasteiger partial charge in [0.15, 0.2) is 11.4 Å². The van der Waals surface area contributed by atoms with Gasteiger partial charge in [-0.1, -0.05) is 13.8 Å². The molecule has 5 heteroatoms. The summed E-state index contributed by atoms with van der Waals surface area (Å²) in [5, 5.41) is 11.9. The molecule has 0 aromatic carbocycles. The molecule has 1 rings (SSSR count). The third-order valence-corrected chi connectivity index (χ3v) is 2.85. The number of carbonyl (C=O) groups excluding carboxylic acids is 1. The standard InChI is InChI=1S/C14H22N2O3/c1-4-19-12-6-5-8-15-13(12)14(18)16-11(7-9-17)10(2)3/h5-6,8,10-11,17H,4,7,9H2,1-3H3,(H,16,18). The maximum Gasteiger partial charge on any atom is 0.273 e. The number of ether oxygens (including phenoxy) is 1. The van der Waals surface area contributed by atoms with Crippen LogP contribution in [0.2, 0.25) is 0 Å². The Hall–Kier alpha value is -1.62. The van der Waals surface area contributed by atoms with Crippen LogP contribution in [0.25, 0.3) is 0 Å². The average molecular weight is 266 g/mol. The molecule has 1 unspecified atom stereocenters. The highest BCUT2D eigenvalue weighted by atomic mass is 16.5. The van der Waals surface area contributed by atoms with E-state index in [1.807, 2.05) is 20.8 Å². The van der Waals surface area contributed by atoms with Crippen molar-refractivity contribution < 1.29 is 14.6 Å². The molecule has 2 N–H and O–H groups in total. The quantitative estimate of drug-likeness (QED) is 0.786. The first kappa shape index (κ1) is 15.4. The summed E-state index contributed by atoms with van der Waals surface area (Å²) >= 11 is 0. The summed E-state index contributed by atoms with van der Waals surface area (Å²) in [5.74, 6) is 0.459. The zero-order valence-corrected chi connectivity index (χ0v) is 11.7. The van der Waals surface area contributed by atoms with Gasteiger partial charge < -0.3 is 15.2 Å². The number of rotatable bonds is 7. The van der Waals surface area contributed by atoms with E-state index in [0.29, 0.717) is 18.8 Å². The SMILES string of the molecule is CCOc1cccnc1C(=O)NC(CCO)C(C)C. The second-order valence-electron chi connectivity index (χ2n) is 4.62. The van der Waals surface area contributed by atoms with Gasteiger partial charge in [0.1, 0.15) is 0 Å². The molecule has 0 aliphatic rings. The van der Waals surface area contributed by atoms with Crippen LogP contribution in [-0.2, 0) is 0 Å². The van der Waals surface area contributed by atoms with Gasteiger partial charge in [-0.25, -0.2) is 4.98 Å². The summed E-state index contributed by atoms with van der Waals surface area (Å²) in [6.45, 7) is 6.39. The van der Waals surface area contributed by atoms with Gasteiger partial charge in [-0.05, 0) is 31.4 Å². The smallest absolute Gasteiger partial charge is 0.273 e. The summed E-state index contributed by atoms with van der Waals surface area (Å²) in [6.07, 6.45) is 2.09. The van der Waals surface area contributed by atoms with Crippen LogP contribution in [0.1, 0.15) is 37.7 Å². The number of carbonyl (C=O) groups is 1. The van der Waals surface area contributed by atoms with Crippen LogP contribution in [-0.4, -0.2) is 35.3 Å². The Morgan fingerprint density at radius 2 is 2.26 bits per heavy atom. The maximum absolute atomic E-state index is 12.2. The molecule has 5 nitrogen and oxygen atoms in total. The second-order valence-corrected chi connectivity index (χ2v) is 4.62. The lowest BCUT2D eigenvalue weighted by molar-refractivity contribution is 0.0907. The Bertz CT molecular complexity index is 407. The third-order valence-electron chi connectivity index (χ3n) is 2.85. The number of nitrogens with one attached hydrogen (secondary N) is 1. The fourth-order valence-corrected chi connectivity index (χ4v) is 1.78. The first-order valence-electron chi connectivity index (χ1n) is 6.59. The predicted octanol–water partition coefficient (Wildman–Crippen LogP) is 1.62. The van der Waals surface area contributed by atoms with E-state index in [1.165, 1.54) is 0 Å². The molecule has 0 aliphatic carbocycles. The molecule has 0 saturated heterocycles. The van der Waals surface area contributed by atoms with Gasteiger partial charge in [0.2, 0.25) is 0 Å². The number of amides is 1. The van der Waals surface area contributed by atoms with Crippen LogP contribution in [0.15, 0.2) is 18.3 Å². The molecule has 1 amide bonds. The van der Waals surface area contributed by atoms with Crippen molar-refractivity contribution in [3.63, 3.8) is 0 Å². The predicted molar refractivity (Wildman–Crippen MR) is 73.2 cm³/mol. The number of hydrogen-bond acceptors (Lipinski definition) is 4. The molecule has 0 radical (unpaired) electrons. The second kappa shape index (κ2) is 7.74. The summed E-state index contributed by atoms with van der Waals surface area (Å²) < 4.78 is 5.39. The molecule has 0 spiro atoms. The van der Waals surface area contributed by atoms with E-state index in [9.17, 15) is 4.79 Å². The van der Waals surface area contributed by atoms with E-state index in [4.69, 9.17) is 9.84 Å². The van der Waals surface area contributed by atoms with Crippen molar-refractivity contribution in [1.29, 1.82) is 0 Å². The molecule has 1 aromatic rings. The highest BCUT2D eigenvalue weighted by molar-refractivity contribution is 5.95. The number of hydrogen-bond donors (Lipinski definition) is 2. The lowest BCUT2D eigenvalue weighted by atomic mass is 10.0. The summed E-state index contributed by atoms with van der Waals surface area (Å²) in [4.78, 5) is 16.3. The van der Waals surface area contributed by atoms with E-state index in [-0.39, 0.29) is 30.2 Å². The van der Waals surface area contributed by atoms with Crippen molar-refractivity contribution in [1.82, 2.24) is 10.3 Å². The van der Waals surface area contributed by atoms with Gasteiger partial charge in [-0.15, -0.1) is 0 Å². The number of aliphatic hydroxyl groups is 1. The minimum Gasteiger partial charge on any atom is -0.491 e. The van der Waals surface area contributed by atoms with Crippen molar-refractivity contribution in [2.24, 2.45) is 5.92 Å². The Labute approximate surface area is 114 Å². The van der Waals surface area contributed by atoms with Gasteiger partial charge in [0.25, 0.3) is 5.91 Å². The van der Waals surface area contributed by atoms with E-state index in [2.05, 4.69) is 10.3 Å². The Balaban J connectivity index is 2.81. The molecule has 0 saturated carbocycles. The topological polar surface area (TPSA) is 71.5 Å². The van der Waals surface area contributed by atoms with Crippen molar-refractivity contribution >= 4 is 5.91 Å². The zero-order chi connectivity index (χ0) is 14.3. The van der Waals surface area contributed by atoms with Crippen LogP contribution in [0.3, 0.4) is 0 Å². The lowest BCUT2D eigenvalue weighted by Gasteiger charge is -2.21. The van der Waals surface area contributed by atoms with Gasteiger partial charge in [0.05, 0.1) is 6.61 Å². The first-order chi connectivity index (χ1) is 9.10. The zero-order valence-electron chi connectivity index (χ0n) is 11.7. The van der Waals surface area contributed by atoms with E-state index in [0.717, 1.165) is 0 Å². The molecule has 0 aliphatic heterocycles. The minimum absolute atomic E-state index is 0.0453. The first-order valence-corrected chi connectivity index (χ1v) is 6.59. The largest absolute Gasteiger partial charge is 0.491 e. The highest BCUT2D eigenvalue weighted by Gasteiger charge is 2.20. The third kappa shape index (κ3) is 4.52. The Morgan fingerprint density at radius 1 is 1.53 bits per heavy atom. The van der Waals surface area contributed by atoms with Crippen LogP contribution in [0.5, 0.6) is 5.75 Å². The van der Waals surface area contributed by atoms with Crippen LogP contribution in [0.4, 0.5) is 0 Å². The van der Waals surface area contributed by atoms with Gasteiger partial charge in [-0.2, -0.15) is 0 Å². The van der Waals surface area contributed by atoms with Crippen molar-refractivity contribution in [3.8, 4) is 5.75 Å². The van der Waals surface area contributed by atoms with Crippen LogP contribution >= 0.6 is 0 Å². The molecule has 1 atom stereocenters. The molecule has 0 fully saturated rings. The number of aromatic nitrogens is 1. The summed E-state index contributed by atoms with van der Waals surface area (Å²) in [5.41, 5.74) is 0.285. The normalized spacial score (nSPS) is 12.3. The van der Waals surface area contributed by atoms with Crippen molar-refractivity contribution in [3.05, 3.63) is 24.0 Å². The fourth-order valence-electron chi connectivity index (χ4n) is 1.78. The van der Waals surface area contributed by atoms with E-state index < -0.39 is 0 Å². The van der Waals surface area contributed by atoms with Gasteiger partial charge in [0, 0.05) is 18.8 Å². The van der Waals surface area contributed by atoms with E-state index >= 15 is 0 Å². The number of nitrogens with zero attached hydrogens (tertiary/aromatic N) is 1. The minimum atomic E-state index is -0.267. The lowest BCUT2D eigenvalue weighted by Crippen LogP contribution is -2.39. The van der Waals surface area contributed by atoms with Crippen LogP contribution in [0, 0.1) is 5.92 Å². The van der Waals surface area contributed by atoms with Gasteiger partial charge >= 0.3 is 0 Å². The van der Waals surface area contributed by atoms with Gasteiger partial charge in [-0.3, -0.25) is 4.79 Å². The van der Waals surface area contributed by atoms with Crippen molar-refractivity contribution in [2.75, 3.05) is 13.2 Å². The van der Waals surface area contributed by atoms with Crippen molar-refractivity contribution in [2.45, 2.75) is 33.2 Å². The molecule has 106 valence electrons. The Morgan fingerprint density at radius 3 is 2.84 bits per heavy atom. The average Bonchev–Trinajstić information content (AvgIpc) is 2.39. The van der Waals surface area contributed by atoms with E-state index in [1.54, 1.807) is 18.3 Å². The Kier molecular flexibility index (Phi) is 6.29. The monoisotopic (exact) mass is 266 g/mol. The van der Waals surface area contributed by atoms with Crippen LogP contribution < -0.4 is 10.1 Å². The molecular weight excluding hydrogens is 244 g/mol. The molecule has 1 aromatic heterocycles. The maximum atomic E-state index is 12.2. The molecule has 19 heavy (non-hydrogen) atoms. The number of aliphatic hydroxyl groups excluding tert-OH is 1. The highest BCUT2D eigenvalue weighted by Crippen LogP contribution is 2.16. The number of pyridine rings is 1. The molecule has 1 heterocycles. The summed E-state index contributed by atoms with van der Waals surface area (Å²) in [6, 6.07) is 3.38. The molecular formula is C14H22N2O3.